The standard InChI is InChI=1S/C32H50O4/c1-19-11-14-28(4)17-18-30(6)22(26(28)20(19)2)9-10-23-29(5)15-13-25(36-21(3)33)32(8,27(34)35)24(29)12-16-31(23,30)7/h9,19-20,23-26H,10-18H2,1-8H3,(H,34,35)/t19-,20-,23-,24-,25-,26-,28+,29+,30-,31+,32-/m0/s1. The topological polar surface area (TPSA) is 63.6 Å². The van der Waals surface area contributed by atoms with Gasteiger partial charge in [-0.05, 0) is 116 Å². The van der Waals surface area contributed by atoms with E-state index in [2.05, 4.69) is 47.6 Å². The van der Waals surface area contributed by atoms with Gasteiger partial charge in [0.1, 0.15) is 11.5 Å². The molecule has 5 rings (SSSR count). The second-order valence-corrected chi connectivity index (χ2v) is 15.0. The molecule has 0 aromatic carbocycles. The Bertz CT molecular complexity index is 985. The summed E-state index contributed by atoms with van der Waals surface area (Å²) >= 11 is 0. The van der Waals surface area contributed by atoms with E-state index < -0.39 is 17.5 Å². The molecule has 0 aliphatic heterocycles. The maximum atomic E-state index is 12.9. The Morgan fingerprint density at radius 3 is 2.25 bits per heavy atom. The van der Waals surface area contributed by atoms with Crippen molar-refractivity contribution in [1.29, 1.82) is 0 Å². The molecule has 4 fully saturated rings. The van der Waals surface area contributed by atoms with Gasteiger partial charge in [0.25, 0.3) is 0 Å². The molecule has 0 aromatic heterocycles. The Labute approximate surface area is 219 Å². The van der Waals surface area contributed by atoms with E-state index in [9.17, 15) is 14.7 Å². The molecule has 0 saturated heterocycles. The minimum absolute atomic E-state index is 0.0136. The largest absolute Gasteiger partial charge is 0.481 e. The van der Waals surface area contributed by atoms with Gasteiger partial charge in [-0.15, -0.1) is 0 Å². The molecule has 0 radical (unpaired) electrons. The Balaban J connectivity index is 1.57. The molecular weight excluding hydrogens is 448 g/mol. The van der Waals surface area contributed by atoms with Crippen LogP contribution in [-0.4, -0.2) is 23.1 Å². The number of carboxylic acid groups (broad SMARTS) is 1. The second kappa shape index (κ2) is 8.09. The summed E-state index contributed by atoms with van der Waals surface area (Å²) < 4.78 is 5.69. The predicted molar refractivity (Wildman–Crippen MR) is 142 cm³/mol. The lowest BCUT2D eigenvalue weighted by atomic mass is 9.33. The minimum atomic E-state index is -1.04. The van der Waals surface area contributed by atoms with Crippen LogP contribution in [0, 0.1) is 56.7 Å². The zero-order valence-corrected chi connectivity index (χ0v) is 24.1. The fourth-order valence-corrected chi connectivity index (χ4v) is 11.2. The zero-order chi connectivity index (χ0) is 26.5. The molecule has 0 heterocycles. The molecule has 36 heavy (non-hydrogen) atoms. The number of rotatable bonds is 2. The van der Waals surface area contributed by atoms with Crippen molar-refractivity contribution in [3.05, 3.63) is 11.6 Å². The molecule has 4 nitrogen and oxygen atoms in total. The average molecular weight is 499 g/mol. The number of carboxylic acids is 1. The molecule has 202 valence electrons. The third kappa shape index (κ3) is 3.17. The summed E-state index contributed by atoms with van der Waals surface area (Å²) in [7, 11) is 0. The summed E-state index contributed by atoms with van der Waals surface area (Å²) in [5, 5.41) is 10.5. The summed E-state index contributed by atoms with van der Waals surface area (Å²) in [5.74, 6) is 1.47. The second-order valence-electron chi connectivity index (χ2n) is 15.0. The molecule has 0 amide bonds. The normalized spacial score (nSPS) is 54.2. The van der Waals surface area contributed by atoms with Gasteiger partial charge in [-0.3, -0.25) is 9.59 Å². The van der Waals surface area contributed by atoms with Crippen molar-refractivity contribution >= 4 is 11.9 Å². The van der Waals surface area contributed by atoms with Crippen molar-refractivity contribution in [2.24, 2.45) is 56.7 Å². The maximum absolute atomic E-state index is 12.9. The van der Waals surface area contributed by atoms with Crippen LogP contribution < -0.4 is 0 Å². The smallest absolute Gasteiger partial charge is 0.313 e. The van der Waals surface area contributed by atoms with Crippen LogP contribution in [0.2, 0.25) is 0 Å². The maximum Gasteiger partial charge on any atom is 0.313 e. The SMILES string of the molecule is CC(=O)O[C@H]1CC[C@@]2(C)[C@H](CC[C@]3(C)[C@H]2CC=C2[C@@H]4[C@@H](C)[C@@H](C)CC[C@]4(C)CC[C@@]23C)[C@]1(C)C(=O)O. The van der Waals surface area contributed by atoms with E-state index in [1.807, 2.05) is 6.92 Å². The van der Waals surface area contributed by atoms with E-state index in [1.165, 1.54) is 32.6 Å². The monoisotopic (exact) mass is 498 g/mol. The van der Waals surface area contributed by atoms with Gasteiger partial charge in [0.15, 0.2) is 0 Å². The van der Waals surface area contributed by atoms with E-state index in [0.29, 0.717) is 23.7 Å². The highest BCUT2D eigenvalue weighted by Crippen LogP contribution is 2.75. The minimum Gasteiger partial charge on any atom is -0.481 e. The van der Waals surface area contributed by atoms with Crippen LogP contribution in [0.1, 0.15) is 113 Å². The van der Waals surface area contributed by atoms with Crippen LogP contribution >= 0.6 is 0 Å². The highest BCUT2D eigenvalue weighted by molar-refractivity contribution is 5.77. The van der Waals surface area contributed by atoms with Crippen LogP contribution in [0.25, 0.3) is 0 Å². The molecule has 0 bridgehead atoms. The van der Waals surface area contributed by atoms with Crippen LogP contribution in [0.4, 0.5) is 0 Å². The number of aliphatic carboxylic acids is 1. The van der Waals surface area contributed by atoms with E-state index in [4.69, 9.17) is 4.74 Å². The molecule has 0 spiro atoms. The van der Waals surface area contributed by atoms with Gasteiger partial charge in [-0.2, -0.15) is 0 Å². The van der Waals surface area contributed by atoms with Gasteiger partial charge < -0.3 is 9.84 Å². The van der Waals surface area contributed by atoms with Crippen molar-refractivity contribution in [3.63, 3.8) is 0 Å². The Morgan fingerprint density at radius 1 is 0.917 bits per heavy atom. The quantitative estimate of drug-likeness (QED) is 0.313. The molecule has 5 aliphatic carbocycles. The molecule has 11 atom stereocenters. The summed E-state index contributed by atoms with van der Waals surface area (Å²) in [6.07, 6.45) is 12.0. The lowest BCUT2D eigenvalue weighted by molar-refractivity contribution is -0.223. The number of carbonyl (C=O) groups excluding carboxylic acids is 1. The Morgan fingerprint density at radius 2 is 1.61 bits per heavy atom. The number of esters is 1. The third-order valence-electron chi connectivity index (χ3n) is 13.8. The van der Waals surface area contributed by atoms with Crippen LogP contribution in [0.3, 0.4) is 0 Å². The fourth-order valence-electron chi connectivity index (χ4n) is 11.2. The summed E-state index contributed by atoms with van der Waals surface area (Å²) in [4.78, 5) is 24.8. The Hall–Kier alpha value is -1.32. The van der Waals surface area contributed by atoms with Gasteiger partial charge in [0.2, 0.25) is 0 Å². The molecule has 4 heteroatoms. The first-order chi connectivity index (χ1) is 16.6. The molecule has 0 unspecified atom stereocenters. The van der Waals surface area contributed by atoms with Crippen molar-refractivity contribution in [2.45, 2.75) is 119 Å². The van der Waals surface area contributed by atoms with Gasteiger partial charge in [-0.1, -0.05) is 53.2 Å². The molecule has 4 saturated carbocycles. The average Bonchev–Trinajstić information content (AvgIpc) is 2.79. The third-order valence-corrected chi connectivity index (χ3v) is 13.8. The van der Waals surface area contributed by atoms with Crippen LogP contribution in [0.15, 0.2) is 11.6 Å². The number of hydrogen-bond acceptors (Lipinski definition) is 3. The van der Waals surface area contributed by atoms with E-state index in [1.54, 1.807) is 5.57 Å². The van der Waals surface area contributed by atoms with E-state index in [0.717, 1.165) is 37.5 Å². The van der Waals surface area contributed by atoms with Gasteiger partial charge in [0, 0.05) is 6.92 Å². The van der Waals surface area contributed by atoms with E-state index in [-0.39, 0.29) is 28.1 Å². The number of hydrogen-bond donors (Lipinski definition) is 1. The van der Waals surface area contributed by atoms with Crippen molar-refractivity contribution in [1.82, 2.24) is 0 Å². The number of carbonyl (C=O) groups is 2. The summed E-state index contributed by atoms with van der Waals surface area (Å²) in [6, 6.07) is 0. The summed E-state index contributed by atoms with van der Waals surface area (Å²) in [5.41, 5.74) is 1.40. The van der Waals surface area contributed by atoms with E-state index >= 15 is 0 Å². The predicted octanol–water partition coefficient (Wildman–Crippen LogP) is 7.66. The van der Waals surface area contributed by atoms with Gasteiger partial charge in [0.05, 0.1) is 0 Å². The first kappa shape index (κ1) is 26.3. The van der Waals surface area contributed by atoms with Crippen molar-refractivity contribution in [2.75, 3.05) is 0 Å². The van der Waals surface area contributed by atoms with Crippen molar-refractivity contribution < 1.29 is 19.4 Å². The van der Waals surface area contributed by atoms with Gasteiger partial charge >= 0.3 is 11.9 Å². The number of fused-ring (bicyclic) bond motifs is 7. The summed E-state index contributed by atoms with van der Waals surface area (Å²) in [6.45, 7) is 18.4. The molecular formula is C32H50O4. The number of allylic oxidation sites excluding steroid dienone is 2. The highest BCUT2D eigenvalue weighted by Gasteiger charge is 2.70. The molecule has 1 N–H and O–H groups in total. The highest BCUT2D eigenvalue weighted by atomic mass is 16.5. The van der Waals surface area contributed by atoms with Crippen LogP contribution in [-0.2, 0) is 14.3 Å². The van der Waals surface area contributed by atoms with Crippen molar-refractivity contribution in [3.8, 4) is 0 Å². The Kier molecular flexibility index (Phi) is 5.91. The van der Waals surface area contributed by atoms with Gasteiger partial charge in [-0.25, -0.2) is 0 Å². The number of ether oxygens (including phenoxy) is 1. The molecule has 0 aromatic rings. The zero-order valence-electron chi connectivity index (χ0n) is 24.1. The lowest BCUT2D eigenvalue weighted by Crippen LogP contribution is -2.66. The lowest BCUT2D eigenvalue weighted by Gasteiger charge is -2.71. The molecule has 5 aliphatic rings. The van der Waals surface area contributed by atoms with Crippen LogP contribution in [0.5, 0.6) is 0 Å². The first-order valence-electron chi connectivity index (χ1n) is 14.8. The first-order valence-corrected chi connectivity index (χ1v) is 14.8. The fraction of sp³-hybridized carbons (Fsp3) is 0.875.